The standard InChI is InChI=1S/C16H22N2/c1-2-9-15(10-3-1)17-13-18-12-6-8-14-7-4-5-11-16(14)18/h1-3,9-11,14,17H,4-8,12-13H2. The van der Waals surface area contributed by atoms with Gasteiger partial charge in [-0.3, -0.25) is 0 Å². The Hall–Kier alpha value is -1.44. The van der Waals surface area contributed by atoms with Crippen molar-refractivity contribution in [3.05, 3.63) is 42.1 Å². The molecule has 2 nitrogen and oxygen atoms in total. The van der Waals surface area contributed by atoms with Crippen LogP contribution in [0.3, 0.4) is 0 Å². The maximum Gasteiger partial charge on any atom is 0.0873 e. The second kappa shape index (κ2) is 5.47. The number of para-hydroxylation sites is 1. The van der Waals surface area contributed by atoms with Crippen LogP contribution in [0.5, 0.6) is 0 Å². The highest BCUT2D eigenvalue weighted by molar-refractivity contribution is 5.42. The molecule has 1 unspecified atom stereocenters. The number of hydrogen-bond donors (Lipinski definition) is 1. The normalized spacial score (nSPS) is 23.2. The second-order valence-corrected chi connectivity index (χ2v) is 5.36. The lowest BCUT2D eigenvalue weighted by Gasteiger charge is -2.39. The highest BCUT2D eigenvalue weighted by Gasteiger charge is 2.26. The van der Waals surface area contributed by atoms with Gasteiger partial charge in [-0.15, -0.1) is 0 Å². The van der Waals surface area contributed by atoms with Crippen LogP contribution < -0.4 is 5.32 Å². The highest BCUT2D eigenvalue weighted by Crippen LogP contribution is 2.34. The summed E-state index contributed by atoms with van der Waals surface area (Å²) in [4.78, 5) is 2.54. The summed E-state index contributed by atoms with van der Waals surface area (Å²) in [6.45, 7) is 2.16. The Kier molecular flexibility index (Phi) is 3.54. The van der Waals surface area contributed by atoms with Gasteiger partial charge in [-0.1, -0.05) is 24.3 Å². The number of allylic oxidation sites excluding steroid dienone is 2. The molecule has 3 rings (SSSR count). The van der Waals surface area contributed by atoms with Crippen LogP contribution in [0.15, 0.2) is 42.1 Å². The molecular formula is C16H22N2. The molecule has 0 aromatic heterocycles. The third-order valence-corrected chi connectivity index (χ3v) is 4.12. The summed E-state index contributed by atoms with van der Waals surface area (Å²) < 4.78 is 0. The van der Waals surface area contributed by atoms with E-state index in [1.807, 2.05) is 0 Å². The van der Waals surface area contributed by atoms with E-state index >= 15 is 0 Å². The molecule has 96 valence electrons. The highest BCUT2D eigenvalue weighted by atomic mass is 15.2. The SMILES string of the molecule is C1=C2C(CCC1)CCCN2CNc1ccccc1. The van der Waals surface area contributed by atoms with Gasteiger partial charge in [0.2, 0.25) is 0 Å². The van der Waals surface area contributed by atoms with Gasteiger partial charge in [0, 0.05) is 17.9 Å². The van der Waals surface area contributed by atoms with Crippen LogP contribution in [0, 0.1) is 5.92 Å². The van der Waals surface area contributed by atoms with E-state index in [-0.39, 0.29) is 0 Å². The lowest BCUT2D eigenvalue weighted by Crippen LogP contribution is -2.37. The van der Waals surface area contributed by atoms with Crippen molar-refractivity contribution in [2.45, 2.75) is 32.1 Å². The molecule has 1 N–H and O–H groups in total. The van der Waals surface area contributed by atoms with Crippen molar-refractivity contribution in [3.8, 4) is 0 Å². The van der Waals surface area contributed by atoms with Crippen LogP contribution in [0.1, 0.15) is 32.1 Å². The van der Waals surface area contributed by atoms with Crippen molar-refractivity contribution in [2.24, 2.45) is 5.92 Å². The van der Waals surface area contributed by atoms with Gasteiger partial charge < -0.3 is 10.2 Å². The molecule has 1 saturated heterocycles. The Morgan fingerprint density at radius 2 is 1.94 bits per heavy atom. The molecule has 1 aromatic carbocycles. The van der Waals surface area contributed by atoms with Crippen LogP contribution in [0.2, 0.25) is 0 Å². The molecule has 0 amide bonds. The minimum Gasteiger partial charge on any atom is -0.368 e. The van der Waals surface area contributed by atoms with E-state index in [1.54, 1.807) is 5.70 Å². The van der Waals surface area contributed by atoms with Crippen LogP contribution in [-0.2, 0) is 0 Å². The molecule has 1 aliphatic heterocycles. The first-order valence-corrected chi connectivity index (χ1v) is 7.17. The predicted molar refractivity (Wildman–Crippen MR) is 76.3 cm³/mol. The first-order valence-electron chi connectivity index (χ1n) is 7.17. The summed E-state index contributed by atoms with van der Waals surface area (Å²) >= 11 is 0. The number of anilines is 1. The summed E-state index contributed by atoms with van der Waals surface area (Å²) in [7, 11) is 0. The molecule has 0 spiro atoms. The van der Waals surface area contributed by atoms with Crippen molar-refractivity contribution in [1.29, 1.82) is 0 Å². The number of nitrogens with one attached hydrogen (secondary N) is 1. The number of hydrogen-bond acceptors (Lipinski definition) is 2. The van der Waals surface area contributed by atoms with E-state index in [1.165, 1.54) is 44.3 Å². The zero-order chi connectivity index (χ0) is 12.2. The topological polar surface area (TPSA) is 15.3 Å². The average Bonchev–Trinajstić information content (AvgIpc) is 2.46. The van der Waals surface area contributed by atoms with Crippen molar-refractivity contribution in [2.75, 3.05) is 18.5 Å². The molecule has 1 heterocycles. The van der Waals surface area contributed by atoms with Crippen molar-refractivity contribution < 1.29 is 0 Å². The molecular weight excluding hydrogens is 220 g/mol. The first kappa shape index (κ1) is 11.6. The van der Waals surface area contributed by atoms with Gasteiger partial charge in [0.25, 0.3) is 0 Å². The van der Waals surface area contributed by atoms with Gasteiger partial charge >= 0.3 is 0 Å². The van der Waals surface area contributed by atoms with Crippen LogP contribution in [0.25, 0.3) is 0 Å². The smallest absolute Gasteiger partial charge is 0.0873 e. The van der Waals surface area contributed by atoms with Crippen LogP contribution >= 0.6 is 0 Å². The Morgan fingerprint density at radius 1 is 1.11 bits per heavy atom. The molecule has 0 saturated carbocycles. The van der Waals surface area contributed by atoms with Gasteiger partial charge in [0.05, 0.1) is 6.67 Å². The Bertz CT molecular complexity index is 410. The van der Waals surface area contributed by atoms with Crippen molar-refractivity contribution >= 4 is 5.69 Å². The minimum atomic E-state index is 0.838. The lowest BCUT2D eigenvalue weighted by molar-refractivity contribution is 0.234. The van der Waals surface area contributed by atoms with Crippen LogP contribution in [0.4, 0.5) is 5.69 Å². The van der Waals surface area contributed by atoms with Crippen molar-refractivity contribution in [3.63, 3.8) is 0 Å². The zero-order valence-corrected chi connectivity index (χ0v) is 10.9. The molecule has 1 fully saturated rings. The average molecular weight is 242 g/mol. The number of fused-ring (bicyclic) bond motifs is 1. The second-order valence-electron chi connectivity index (χ2n) is 5.36. The van der Waals surface area contributed by atoms with E-state index in [0.29, 0.717) is 0 Å². The molecule has 1 aromatic rings. The van der Waals surface area contributed by atoms with Crippen molar-refractivity contribution in [1.82, 2.24) is 4.90 Å². The van der Waals surface area contributed by atoms with Gasteiger partial charge in [-0.25, -0.2) is 0 Å². The molecule has 1 atom stereocenters. The monoisotopic (exact) mass is 242 g/mol. The fourth-order valence-electron chi connectivity index (χ4n) is 3.18. The summed E-state index contributed by atoms with van der Waals surface area (Å²) in [6, 6.07) is 10.5. The number of piperidine rings is 1. The quantitative estimate of drug-likeness (QED) is 0.866. The summed E-state index contributed by atoms with van der Waals surface area (Å²) in [5.41, 5.74) is 2.83. The van der Waals surface area contributed by atoms with E-state index < -0.39 is 0 Å². The lowest BCUT2D eigenvalue weighted by atomic mass is 9.85. The molecule has 0 bridgehead atoms. The summed E-state index contributed by atoms with van der Waals surface area (Å²) in [5.74, 6) is 0.838. The summed E-state index contributed by atoms with van der Waals surface area (Å²) in [6.07, 6.45) is 9.27. The largest absolute Gasteiger partial charge is 0.368 e. The zero-order valence-electron chi connectivity index (χ0n) is 10.9. The molecule has 2 aliphatic rings. The summed E-state index contributed by atoms with van der Waals surface area (Å²) in [5, 5.41) is 3.53. The fraction of sp³-hybridized carbons (Fsp3) is 0.500. The van der Waals surface area contributed by atoms with Gasteiger partial charge in [-0.2, -0.15) is 0 Å². The molecule has 2 heteroatoms. The molecule has 18 heavy (non-hydrogen) atoms. The first-order chi connectivity index (χ1) is 8.93. The predicted octanol–water partition coefficient (Wildman–Crippen LogP) is 3.84. The van der Waals surface area contributed by atoms with E-state index in [0.717, 1.165) is 12.6 Å². The molecule has 0 radical (unpaired) electrons. The van der Waals surface area contributed by atoms with Gasteiger partial charge in [0.1, 0.15) is 0 Å². The number of rotatable bonds is 3. The third-order valence-electron chi connectivity index (χ3n) is 4.12. The number of likely N-dealkylation sites (tertiary alicyclic amines) is 1. The maximum atomic E-state index is 3.53. The Balaban J connectivity index is 1.63. The maximum absolute atomic E-state index is 3.53. The number of benzene rings is 1. The van der Waals surface area contributed by atoms with E-state index in [9.17, 15) is 0 Å². The third kappa shape index (κ3) is 2.53. The van der Waals surface area contributed by atoms with Gasteiger partial charge in [0.15, 0.2) is 0 Å². The van der Waals surface area contributed by atoms with Gasteiger partial charge in [-0.05, 0) is 50.2 Å². The minimum absolute atomic E-state index is 0.838. The molecule has 1 aliphatic carbocycles. The van der Waals surface area contributed by atoms with Crippen LogP contribution in [-0.4, -0.2) is 18.1 Å². The van der Waals surface area contributed by atoms with E-state index in [4.69, 9.17) is 0 Å². The fourth-order valence-corrected chi connectivity index (χ4v) is 3.18. The van der Waals surface area contributed by atoms with E-state index in [2.05, 4.69) is 46.6 Å². The number of nitrogens with zero attached hydrogens (tertiary/aromatic N) is 1. The Morgan fingerprint density at radius 3 is 2.83 bits per heavy atom. The Labute approximate surface area is 110 Å².